The Labute approximate surface area is 155 Å². The zero-order valence-electron chi connectivity index (χ0n) is 15.7. The van der Waals surface area contributed by atoms with E-state index < -0.39 is 5.97 Å². The summed E-state index contributed by atoms with van der Waals surface area (Å²) in [4.78, 5) is 23.4. The molecule has 4 heteroatoms. The van der Waals surface area contributed by atoms with Gasteiger partial charge < -0.3 is 10.4 Å². The van der Waals surface area contributed by atoms with E-state index in [-0.39, 0.29) is 23.3 Å². The molecule has 0 fully saturated rings. The van der Waals surface area contributed by atoms with Gasteiger partial charge in [0.1, 0.15) is 0 Å². The summed E-state index contributed by atoms with van der Waals surface area (Å²) in [6.45, 7) is 6.88. The molecule has 138 valence electrons. The topological polar surface area (TPSA) is 66.4 Å². The summed E-state index contributed by atoms with van der Waals surface area (Å²) in [7, 11) is 0. The Balaban J connectivity index is 1.90. The molecular weight excluding hydrogens is 326 g/mol. The monoisotopic (exact) mass is 353 g/mol. The van der Waals surface area contributed by atoms with Crippen molar-refractivity contribution in [2.24, 2.45) is 0 Å². The number of carboxylic acids is 1. The average Bonchev–Trinajstić information content (AvgIpc) is 2.65. The summed E-state index contributed by atoms with van der Waals surface area (Å²) in [5, 5.41) is 12.2. The summed E-state index contributed by atoms with van der Waals surface area (Å²) in [5.74, 6) is -1.03. The van der Waals surface area contributed by atoms with Crippen LogP contribution in [0, 0.1) is 0 Å². The van der Waals surface area contributed by atoms with Crippen LogP contribution in [0.3, 0.4) is 0 Å². The van der Waals surface area contributed by atoms with Crippen LogP contribution in [-0.4, -0.2) is 23.5 Å². The molecule has 1 amide bonds. The highest BCUT2D eigenvalue weighted by Crippen LogP contribution is 2.23. The van der Waals surface area contributed by atoms with Crippen LogP contribution in [0.15, 0.2) is 48.5 Å². The molecule has 0 saturated heterocycles. The first-order valence-corrected chi connectivity index (χ1v) is 9.01. The molecule has 2 aromatic carbocycles. The first-order valence-electron chi connectivity index (χ1n) is 9.01. The first kappa shape index (κ1) is 19.7. The smallest absolute Gasteiger partial charge is 0.335 e. The van der Waals surface area contributed by atoms with Crippen LogP contribution in [0.5, 0.6) is 0 Å². The highest BCUT2D eigenvalue weighted by molar-refractivity contribution is 5.89. The van der Waals surface area contributed by atoms with E-state index in [1.807, 2.05) is 0 Å². The quantitative estimate of drug-likeness (QED) is 0.754. The van der Waals surface area contributed by atoms with E-state index in [1.165, 1.54) is 11.1 Å². The fraction of sp³-hybridized carbons (Fsp3) is 0.364. The van der Waals surface area contributed by atoms with Crippen molar-refractivity contribution in [3.05, 3.63) is 70.8 Å². The number of hydrogen-bond donors (Lipinski definition) is 2. The maximum atomic E-state index is 12.2. The maximum absolute atomic E-state index is 12.2. The fourth-order valence-electron chi connectivity index (χ4n) is 2.90. The van der Waals surface area contributed by atoms with E-state index in [0.29, 0.717) is 18.5 Å². The van der Waals surface area contributed by atoms with Gasteiger partial charge in [-0.15, -0.1) is 0 Å². The fourth-order valence-corrected chi connectivity index (χ4v) is 2.90. The Morgan fingerprint density at radius 1 is 1.04 bits per heavy atom. The molecule has 0 aromatic heterocycles. The second-order valence-corrected chi connectivity index (χ2v) is 7.17. The Morgan fingerprint density at radius 3 is 2.31 bits per heavy atom. The molecule has 0 spiro atoms. The Hall–Kier alpha value is -2.62. The Kier molecular flexibility index (Phi) is 6.56. The minimum absolute atomic E-state index is 0.0663. The number of nitrogens with one attached hydrogen (secondary N) is 1. The number of amides is 1. The van der Waals surface area contributed by atoms with E-state index in [4.69, 9.17) is 0 Å². The Morgan fingerprint density at radius 2 is 1.69 bits per heavy atom. The number of aromatic carboxylic acids is 1. The van der Waals surface area contributed by atoms with Crippen LogP contribution < -0.4 is 5.32 Å². The normalized spacial score (nSPS) is 11.2. The van der Waals surface area contributed by atoms with Gasteiger partial charge in [-0.1, -0.05) is 63.2 Å². The molecule has 0 aliphatic heterocycles. The van der Waals surface area contributed by atoms with Gasteiger partial charge in [-0.2, -0.15) is 0 Å². The van der Waals surface area contributed by atoms with Crippen LogP contribution >= 0.6 is 0 Å². The molecular formula is C22H27NO3. The van der Waals surface area contributed by atoms with Gasteiger partial charge in [-0.05, 0) is 35.6 Å². The molecule has 2 rings (SSSR count). The molecule has 0 radical (unpaired) electrons. The molecule has 0 unspecified atom stereocenters. The highest BCUT2D eigenvalue weighted by Gasteiger charge is 2.21. The minimum atomic E-state index is -0.960. The third-order valence-corrected chi connectivity index (χ3v) is 4.74. The summed E-state index contributed by atoms with van der Waals surface area (Å²) in [6.07, 6.45) is 1.70. The van der Waals surface area contributed by atoms with Crippen molar-refractivity contribution in [3.8, 4) is 0 Å². The molecule has 0 aliphatic rings. The van der Waals surface area contributed by atoms with Crippen molar-refractivity contribution in [3.63, 3.8) is 0 Å². The molecule has 4 nitrogen and oxygen atoms in total. The highest BCUT2D eigenvalue weighted by atomic mass is 16.4. The third-order valence-electron chi connectivity index (χ3n) is 4.74. The van der Waals surface area contributed by atoms with Crippen molar-refractivity contribution in [2.45, 2.75) is 45.4 Å². The molecule has 0 saturated carbocycles. The molecule has 0 aliphatic carbocycles. The average molecular weight is 353 g/mol. The number of benzene rings is 2. The van der Waals surface area contributed by atoms with Gasteiger partial charge in [-0.3, -0.25) is 4.79 Å². The van der Waals surface area contributed by atoms with Gasteiger partial charge in [0.05, 0.1) is 5.56 Å². The largest absolute Gasteiger partial charge is 0.478 e. The van der Waals surface area contributed by atoms with E-state index in [0.717, 1.165) is 6.42 Å². The lowest BCUT2D eigenvalue weighted by Crippen LogP contribution is -2.36. The lowest BCUT2D eigenvalue weighted by atomic mass is 9.84. The molecule has 2 N–H and O–H groups in total. The van der Waals surface area contributed by atoms with E-state index >= 15 is 0 Å². The number of aryl methyl sites for hydroxylation is 2. The third kappa shape index (κ3) is 5.19. The second-order valence-electron chi connectivity index (χ2n) is 7.17. The number of carboxylic acid groups (broad SMARTS) is 1. The van der Waals surface area contributed by atoms with Crippen molar-refractivity contribution in [1.29, 1.82) is 0 Å². The number of carbonyl (C=O) groups excluding carboxylic acids is 1. The number of hydrogen-bond acceptors (Lipinski definition) is 2. The Bertz CT molecular complexity index is 763. The van der Waals surface area contributed by atoms with E-state index in [2.05, 4.69) is 50.4 Å². The van der Waals surface area contributed by atoms with Gasteiger partial charge >= 0.3 is 5.97 Å². The van der Waals surface area contributed by atoms with Gasteiger partial charge in [0.25, 0.3) is 0 Å². The lowest BCUT2D eigenvalue weighted by molar-refractivity contribution is -0.121. The van der Waals surface area contributed by atoms with Crippen LogP contribution in [0.2, 0.25) is 0 Å². The molecule has 2 aromatic rings. The predicted octanol–water partition coefficient (Wildman–Crippen LogP) is 3.97. The maximum Gasteiger partial charge on any atom is 0.335 e. The predicted molar refractivity (Wildman–Crippen MR) is 104 cm³/mol. The van der Waals surface area contributed by atoms with Crippen LogP contribution in [0.4, 0.5) is 0 Å². The van der Waals surface area contributed by atoms with Gasteiger partial charge in [0.15, 0.2) is 0 Å². The van der Waals surface area contributed by atoms with Crippen molar-refractivity contribution in [1.82, 2.24) is 5.32 Å². The van der Waals surface area contributed by atoms with Gasteiger partial charge in [0.2, 0.25) is 5.91 Å². The van der Waals surface area contributed by atoms with Crippen LogP contribution in [0.25, 0.3) is 0 Å². The number of rotatable bonds is 8. The molecule has 0 heterocycles. The van der Waals surface area contributed by atoms with E-state index in [1.54, 1.807) is 24.3 Å². The van der Waals surface area contributed by atoms with Crippen LogP contribution in [0.1, 0.15) is 54.2 Å². The number of carbonyl (C=O) groups is 2. The molecule has 26 heavy (non-hydrogen) atoms. The summed E-state index contributed by atoms with van der Waals surface area (Å²) >= 11 is 0. The summed E-state index contributed by atoms with van der Waals surface area (Å²) in [6, 6.07) is 15.3. The first-order chi connectivity index (χ1) is 12.3. The van der Waals surface area contributed by atoms with Crippen molar-refractivity contribution in [2.75, 3.05) is 6.54 Å². The minimum Gasteiger partial charge on any atom is -0.478 e. The van der Waals surface area contributed by atoms with Gasteiger partial charge in [-0.25, -0.2) is 4.79 Å². The van der Waals surface area contributed by atoms with Gasteiger partial charge in [0, 0.05) is 18.4 Å². The SMILES string of the molecule is CCc1ccc(C(C)(C)CNC(=O)CCc2ccccc2C(=O)O)cc1. The molecule has 0 bridgehead atoms. The van der Waals surface area contributed by atoms with Crippen molar-refractivity contribution < 1.29 is 14.7 Å². The summed E-state index contributed by atoms with van der Waals surface area (Å²) < 4.78 is 0. The van der Waals surface area contributed by atoms with Crippen molar-refractivity contribution >= 4 is 11.9 Å². The zero-order valence-corrected chi connectivity index (χ0v) is 15.7. The summed E-state index contributed by atoms with van der Waals surface area (Å²) in [5.41, 5.74) is 3.26. The lowest BCUT2D eigenvalue weighted by Gasteiger charge is -2.26. The van der Waals surface area contributed by atoms with Crippen LogP contribution in [-0.2, 0) is 23.1 Å². The zero-order chi connectivity index (χ0) is 19.2. The standard InChI is InChI=1S/C22H27NO3/c1-4-16-9-12-18(13-10-16)22(2,3)15-23-20(24)14-11-17-7-5-6-8-19(17)21(25)26/h5-10,12-13H,4,11,14-15H2,1-3H3,(H,23,24)(H,25,26). The van der Waals surface area contributed by atoms with E-state index in [9.17, 15) is 14.7 Å². The molecule has 0 atom stereocenters. The second kappa shape index (κ2) is 8.65.